The van der Waals surface area contributed by atoms with Crippen molar-refractivity contribution in [1.82, 2.24) is 25.6 Å². The Balaban J connectivity index is 1.29. The molecule has 0 bridgehead atoms. The van der Waals surface area contributed by atoms with Gasteiger partial charge in [-0.25, -0.2) is 9.97 Å². The fourth-order valence-electron chi connectivity index (χ4n) is 4.32. The van der Waals surface area contributed by atoms with Crippen LogP contribution in [0.25, 0.3) is 0 Å². The van der Waals surface area contributed by atoms with Gasteiger partial charge >= 0.3 is 0 Å². The van der Waals surface area contributed by atoms with Crippen LogP contribution in [0.15, 0.2) is 42.6 Å². The second kappa shape index (κ2) is 8.64. The highest BCUT2D eigenvalue weighted by molar-refractivity contribution is 5.99. The second-order valence-electron chi connectivity index (χ2n) is 9.47. The molecule has 2 saturated carbocycles. The van der Waals surface area contributed by atoms with Gasteiger partial charge in [0, 0.05) is 24.5 Å². The van der Waals surface area contributed by atoms with Crippen LogP contribution < -0.4 is 21.3 Å². The van der Waals surface area contributed by atoms with E-state index in [-0.39, 0.29) is 11.9 Å². The number of nitriles is 1. The van der Waals surface area contributed by atoms with E-state index in [4.69, 9.17) is 0 Å². The van der Waals surface area contributed by atoms with Crippen molar-refractivity contribution in [1.29, 1.82) is 5.26 Å². The topological polar surface area (TPSA) is 128 Å². The molecule has 0 saturated heterocycles. The Labute approximate surface area is 203 Å². The molecule has 0 spiro atoms. The molecule has 1 aliphatic heterocycles. The summed E-state index contributed by atoms with van der Waals surface area (Å²) in [6.45, 7) is 1.83. The summed E-state index contributed by atoms with van der Waals surface area (Å²) in [5, 5.41) is 22.4. The molecular weight excluding hydrogens is 440 g/mol. The number of rotatable bonds is 7. The number of amides is 1. The first-order chi connectivity index (χ1) is 17.1. The maximum absolute atomic E-state index is 12.9. The van der Waals surface area contributed by atoms with Crippen LogP contribution in [0.2, 0.25) is 0 Å². The maximum atomic E-state index is 12.9. The molecule has 4 N–H and O–H groups in total. The smallest absolute Gasteiger partial charge is 0.256 e. The first-order valence-electron chi connectivity index (χ1n) is 12.1. The number of anilines is 4. The molecule has 0 radical (unpaired) electrons. The third-order valence-electron chi connectivity index (χ3n) is 6.74. The highest BCUT2D eigenvalue weighted by atomic mass is 16.1. The van der Waals surface area contributed by atoms with E-state index >= 15 is 0 Å². The molecule has 176 valence electrons. The molecule has 2 aliphatic carbocycles. The van der Waals surface area contributed by atoms with E-state index in [0.717, 1.165) is 56.6 Å². The fraction of sp³-hybridized carbons (Fsp3) is 0.346. The van der Waals surface area contributed by atoms with E-state index in [0.29, 0.717) is 23.1 Å². The highest BCUT2D eigenvalue weighted by Gasteiger charge is 2.46. The van der Waals surface area contributed by atoms with Gasteiger partial charge in [0.15, 0.2) is 0 Å². The summed E-state index contributed by atoms with van der Waals surface area (Å²) < 4.78 is 0. The number of nitrogens with one attached hydrogen (secondary N) is 4. The molecule has 2 aromatic heterocycles. The van der Waals surface area contributed by atoms with E-state index in [9.17, 15) is 10.1 Å². The second-order valence-corrected chi connectivity index (χ2v) is 9.47. The molecular formula is C26H26N8O. The minimum absolute atomic E-state index is 0.212. The van der Waals surface area contributed by atoms with Crippen molar-refractivity contribution in [2.45, 2.75) is 50.1 Å². The van der Waals surface area contributed by atoms with Crippen LogP contribution in [0.5, 0.6) is 0 Å². The van der Waals surface area contributed by atoms with Gasteiger partial charge < -0.3 is 21.3 Å². The van der Waals surface area contributed by atoms with Gasteiger partial charge in [-0.2, -0.15) is 10.2 Å². The highest BCUT2D eigenvalue weighted by Crippen LogP contribution is 2.46. The SMILES string of the molecule is N#CC1(c2cccc(Nc3nc(Nc4ccc5c(c4)CNCC5)ncc3C(=O)NC3CC3)n2)CC1. The summed E-state index contributed by atoms with van der Waals surface area (Å²) in [5.74, 6) is 1.07. The minimum atomic E-state index is -0.496. The van der Waals surface area contributed by atoms with Crippen LogP contribution >= 0.6 is 0 Å². The molecule has 1 amide bonds. The summed E-state index contributed by atoms with van der Waals surface area (Å²) in [7, 11) is 0. The van der Waals surface area contributed by atoms with Crippen molar-refractivity contribution in [2.75, 3.05) is 17.2 Å². The number of pyridine rings is 1. The molecule has 35 heavy (non-hydrogen) atoms. The number of nitrogens with zero attached hydrogens (tertiary/aromatic N) is 4. The number of fused-ring (bicyclic) bond motifs is 1. The van der Waals surface area contributed by atoms with E-state index in [1.54, 1.807) is 0 Å². The van der Waals surface area contributed by atoms with Gasteiger partial charge in [-0.15, -0.1) is 0 Å². The number of benzene rings is 1. The predicted molar refractivity (Wildman–Crippen MR) is 132 cm³/mol. The quantitative estimate of drug-likeness (QED) is 0.417. The average molecular weight is 467 g/mol. The first-order valence-corrected chi connectivity index (χ1v) is 12.1. The zero-order chi connectivity index (χ0) is 23.8. The maximum Gasteiger partial charge on any atom is 0.256 e. The Hall–Kier alpha value is -4.03. The molecule has 9 heteroatoms. The van der Waals surface area contributed by atoms with Crippen molar-refractivity contribution >= 4 is 29.2 Å². The van der Waals surface area contributed by atoms with E-state index in [1.807, 2.05) is 24.3 Å². The molecule has 3 heterocycles. The van der Waals surface area contributed by atoms with Crippen molar-refractivity contribution in [3.8, 4) is 6.07 Å². The van der Waals surface area contributed by atoms with Crippen LogP contribution in [-0.4, -0.2) is 33.4 Å². The van der Waals surface area contributed by atoms with Gasteiger partial charge in [0.25, 0.3) is 5.91 Å². The Kier molecular flexibility index (Phi) is 5.30. The van der Waals surface area contributed by atoms with E-state index in [1.165, 1.54) is 17.3 Å². The van der Waals surface area contributed by atoms with Gasteiger partial charge in [0.2, 0.25) is 5.95 Å². The van der Waals surface area contributed by atoms with Crippen molar-refractivity contribution < 1.29 is 4.79 Å². The third-order valence-corrected chi connectivity index (χ3v) is 6.74. The summed E-state index contributed by atoms with van der Waals surface area (Å²) in [4.78, 5) is 26.6. The summed E-state index contributed by atoms with van der Waals surface area (Å²) in [6.07, 6.45) is 6.16. The first kappa shape index (κ1) is 21.5. The summed E-state index contributed by atoms with van der Waals surface area (Å²) in [5.41, 5.74) is 4.09. The van der Waals surface area contributed by atoms with Crippen LogP contribution in [0.3, 0.4) is 0 Å². The molecule has 0 unspecified atom stereocenters. The molecule has 6 rings (SSSR count). The molecule has 3 aromatic rings. The third kappa shape index (κ3) is 4.53. The Morgan fingerprint density at radius 1 is 1.11 bits per heavy atom. The van der Waals surface area contributed by atoms with Crippen molar-refractivity contribution in [3.63, 3.8) is 0 Å². The van der Waals surface area contributed by atoms with Crippen LogP contribution in [0.1, 0.15) is 52.9 Å². The molecule has 0 atom stereocenters. The minimum Gasteiger partial charge on any atom is -0.349 e. The molecule has 2 fully saturated rings. The van der Waals surface area contributed by atoms with Gasteiger partial charge in [-0.3, -0.25) is 4.79 Å². The van der Waals surface area contributed by atoms with E-state index < -0.39 is 5.41 Å². The van der Waals surface area contributed by atoms with Gasteiger partial charge in [0.1, 0.15) is 17.2 Å². The summed E-state index contributed by atoms with van der Waals surface area (Å²) >= 11 is 0. The molecule has 3 aliphatic rings. The number of carbonyl (C=O) groups is 1. The number of carbonyl (C=O) groups excluding carboxylic acids is 1. The predicted octanol–water partition coefficient (Wildman–Crippen LogP) is 3.45. The monoisotopic (exact) mass is 466 g/mol. The standard InChI is InChI=1S/C26H26N8O/c27-15-26(9-10-26)21-2-1-3-22(32-21)33-23-20(24(35)30-18-6-7-18)14-29-25(34-23)31-19-5-4-16-8-11-28-13-17(16)12-19/h1-5,12,14,18,28H,6-11,13H2,(H,30,35)(H2,29,31,32,33,34). The number of aromatic nitrogens is 3. The lowest BCUT2D eigenvalue weighted by molar-refractivity contribution is 0.0951. The fourth-order valence-corrected chi connectivity index (χ4v) is 4.32. The Morgan fingerprint density at radius 2 is 2.00 bits per heavy atom. The lowest BCUT2D eigenvalue weighted by Gasteiger charge is -2.18. The Morgan fingerprint density at radius 3 is 2.80 bits per heavy atom. The molecule has 1 aromatic carbocycles. The van der Waals surface area contributed by atoms with Crippen LogP contribution in [0.4, 0.5) is 23.3 Å². The lowest BCUT2D eigenvalue weighted by Crippen LogP contribution is -2.26. The lowest BCUT2D eigenvalue weighted by atomic mass is 10.0. The average Bonchev–Trinajstić information content (AvgIpc) is 3.81. The number of hydrogen-bond donors (Lipinski definition) is 4. The summed E-state index contributed by atoms with van der Waals surface area (Å²) in [6, 6.07) is 14.4. The van der Waals surface area contributed by atoms with Gasteiger partial charge in [-0.1, -0.05) is 12.1 Å². The van der Waals surface area contributed by atoms with Gasteiger partial charge in [-0.05, 0) is 74.0 Å². The van der Waals surface area contributed by atoms with Crippen molar-refractivity contribution in [3.05, 3.63) is 65.0 Å². The van der Waals surface area contributed by atoms with Crippen molar-refractivity contribution in [2.24, 2.45) is 0 Å². The largest absolute Gasteiger partial charge is 0.349 e. The van der Waals surface area contributed by atoms with Crippen LogP contribution in [0, 0.1) is 11.3 Å². The van der Waals surface area contributed by atoms with Crippen LogP contribution in [-0.2, 0) is 18.4 Å². The normalized spacial score (nSPS) is 17.6. The zero-order valence-corrected chi connectivity index (χ0v) is 19.3. The zero-order valence-electron chi connectivity index (χ0n) is 19.3. The molecule has 9 nitrogen and oxygen atoms in total. The number of hydrogen-bond acceptors (Lipinski definition) is 8. The Bertz CT molecular complexity index is 1340. The van der Waals surface area contributed by atoms with Gasteiger partial charge in [0.05, 0.1) is 17.2 Å². The van der Waals surface area contributed by atoms with E-state index in [2.05, 4.69) is 54.4 Å².